The summed E-state index contributed by atoms with van der Waals surface area (Å²) in [6.07, 6.45) is 2.14. The molecule has 0 aromatic heterocycles. The van der Waals surface area contributed by atoms with Crippen LogP contribution in [-0.2, 0) is 0 Å². The smallest absolute Gasteiger partial charge is 0.171 e. The predicted octanol–water partition coefficient (Wildman–Crippen LogP) is 5.55. The van der Waals surface area contributed by atoms with Crippen molar-refractivity contribution in [2.75, 3.05) is 26.3 Å². The lowest BCUT2D eigenvalue weighted by atomic mass is 10.0. The molecule has 3 nitrogen and oxygen atoms in total. The van der Waals surface area contributed by atoms with Gasteiger partial charge in [-0.2, -0.15) is 0 Å². The Bertz CT molecular complexity index is 967. The second-order valence-corrected chi connectivity index (χ2v) is 7.95. The van der Waals surface area contributed by atoms with E-state index < -0.39 is 0 Å². The Morgan fingerprint density at radius 2 is 1.33 bits per heavy atom. The van der Waals surface area contributed by atoms with Gasteiger partial charge < -0.3 is 10.6 Å². The van der Waals surface area contributed by atoms with Crippen molar-refractivity contribution < 1.29 is 0 Å². The van der Waals surface area contributed by atoms with E-state index in [1.54, 1.807) is 0 Å². The number of hydrogen-bond acceptors (Lipinski definition) is 2. The van der Waals surface area contributed by atoms with Crippen molar-refractivity contribution >= 4 is 17.1 Å². The quantitative estimate of drug-likeness (QED) is 0.398. The van der Waals surface area contributed by atoms with E-state index in [2.05, 4.69) is 103 Å². The fourth-order valence-corrected chi connectivity index (χ4v) is 4.70. The topological polar surface area (TPSA) is 29.3 Å². The van der Waals surface area contributed by atoms with Crippen molar-refractivity contribution in [1.29, 1.82) is 0 Å². The Morgan fingerprint density at radius 1 is 0.767 bits per heavy atom. The minimum Gasteiger partial charge on any atom is -0.330 e. The van der Waals surface area contributed by atoms with E-state index in [4.69, 9.17) is 5.73 Å². The first-order valence-electron chi connectivity index (χ1n) is 11.0. The standard InChI is InChI=1S/C27H32N3/c1-2-29-22-30(21-13-12-20-28,25-18-10-5-11-19-25)27(24-16-8-4-9-17-24)26(29)23-14-6-3-7-15-23/h3-11,14-19H,2,12-13,20-22,28H2,1H3/q+1. The maximum atomic E-state index is 5.88. The van der Waals surface area contributed by atoms with Crippen molar-refractivity contribution in [3.8, 4) is 0 Å². The number of rotatable bonds is 8. The summed E-state index contributed by atoms with van der Waals surface area (Å²) < 4.78 is 0.836. The van der Waals surface area contributed by atoms with Gasteiger partial charge in [0.05, 0.1) is 6.54 Å². The molecule has 0 saturated carbocycles. The van der Waals surface area contributed by atoms with Crippen molar-refractivity contribution in [3.63, 3.8) is 0 Å². The number of para-hydroxylation sites is 1. The molecule has 0 fully saturated rings. The maximum Gasteiger partial charge on any atom is 0.171 e. The molecule has 0 amide bonds. The van der Waals surface area contributed by atoms with Crippen LogP contribution in [0.15, 0.2) is 91.0 Å². The van der Waals surface area contributed by atoms with Gasteiger partial charge in [-0.1, -0.05) is 66.7 Å². The summed E-state index contributed by atoms with van der Waals surface area (Å²) in [7, 11) is 0. The van der Waals surface area contributed by atoms with Gasteiger partial charge in [0.1, 0.15) is 11.4 Å². The molecule has 0 aliphatic carbocycles. The van der Waals surface area contributed by atoms with Crippen LogP contribution in [0.25, 0.3) is 11.4 Å². The normalized spacial score (nSPS) is 18.8. The largest absolute Gasteiger partial charge is 0.330 e. The van der Waals surface area contributed by atoms with E-state index in [1.807, 2.05) is 0 Å². The van der Waals surface area contributed by atoms with Gasteiger partial charge in [0, 0.05) is 17.7 Å². The molecule has 0 saturated heterocycles. The zero-order chi connectivity index (χ0) is 20.8. The Balaban J connectivity index is 1.99. The predicted molar refractivity (Wildman–Crippen MR) is 128 cm³/mol. The van der Waals surface area contributed by atoms with E-state index in [0.717, 1.165) is 43.6 Å². The molecule has 0 bridgehead atoms. The van der Waals surface area contributed by atoms with E-state index in [0.29, 0.717) is 0 Å². The van der Waals surface area contributed by atoms with Gasteiger partial charge in [-0.15, -0.1) is 0 Å². The van der Waals surface area contributed by atoms with E-state index in [1.165, 1.54) is 28.2 Å². The molecule has 3 aromatic carbocycles. The van der Waals surface area contributed by atoms with Gasteiger partial charge in [-0.3, -0.25) is 0 Å². The number of nitrogens with zero attached hydrogens (tertiary/aromatic N) is 2. The fourth-order valence-electron chi connectivity index (χ4n) is 4.70. The summed E-state index contributed by atoms with van der Waals surface area (Å²) in [4.78, 5) is 2.55. The molecule has 3 aromatic rings. The van der Waals surface area contributed by atoms with Crippen molar-refractivity contribution in [3.05, 3.63) is 102 Å². The lowest BCUT2D eigenvalue weighted by Crippen LogP contribution is -2.49. The van der Waals surface area contributed by atoms with Gasteiger partial charge in [-0.05, 0) is 50.6 Å². The summed E-state index contributed by atoms with van der Waals surface area (Å²) in [6.45, 7) is 5.96. The highest BCUT2D eigenvalue weighted by atomic mass is 15.5. The molecule has 154 valence electrons. The summed E-state index contributed by atoms with van der Waals surface area (Å²) in [6, 6.07) is 32.8. The zero-order valence-electron chi connectivity index (χ0n) is 17.9. The molecule has 30 heavy (non-hydrogen) atoms. The van der Waals surface area contributed by atoms with Crippen LogP contribution in [0, 0.1) is 0 Å². The maximum absolute atomic E-state index is 5.88. The van der Waals surface area contributed by atoms with Crippen LogP contribution in [0.3, 0.4) is 0 Å². The van der Waals surface area contributed by atoms with Gasteiger partial charge in [0.2, 0.25) is 0 Å². The fraction of sp³-hybridized carbons (Fsp3) is 0.259. The minimum atomic E-state index is 0.738. The van der Waals surface area contributed by atoms with E-state index in [9.17, 15) is 0 Å². The Morgan fingerprint density at radius 3 is 1.90 bits per heavy atom. The number of quaternary nitrogens is 1. The second kappa shape index (κ2) is 9.29. The Hall–Kier alpha value is -2.88. The average molecular weight is 399 g/mol. The highest BCUT2D eigenvalue weighted by Crippen LogP contribution is 2.46. The summed E-state index contributed by atoms with van der Waals surface area (Å²) >= 11 is 0. The second-order valence-electron chi connectivity index (χ2n) is 7.95. The monoisotopic (exact) mass is 398 g/mol. The van der Waals surface area contributed by atoms with Gasteiger partial charge in [0.25, 0.3) is 0 Å². The van der Waals surface area contributed by atoms with Crippen LogP contribution < -0.4 is 10.2 Å². The molecule has 1 aliphatic rings. The Labute approximate surface area is 180 Å². The number of benzene rings is 3. The Kier molecular flexibility index (Phi) is 6.32. The molecule has 1 atom stereocenters. The third kappa shape index (κ3) is 3.79. The third-order valence-electron chi connectivity index (χ3n) is 6.10. The molecule has 4 rings (SSSR count). The van der Waals surface area contributed by atoms with Crippen LogP contribution in [0.2, 0.25) is 0 Å². The molecule has 1 unspecified atom stereocenters. The summed E-state index contributed by atoms with van der Waals surface area (Å²) in [5.41, 5.74) is 12.6. The first-order valence-corrected chi connectivity index (χ1v) is 11.0. The van der Waals surface area contributed by atoms with Crippen LogP contribution in [0.5, 0.6) is 0 Å². The van der Waals surface area contributed by atoms with Crippen LogP contribution >= 0.6 is 0 Å². The summed E-state index contributed by atoms with van der Waals surface area (Å²) in [5.74, 6) is 0. The highest BCUT2D eigenvalue weighted by molar-refractivity contribution is 5.96. The minimum absolute atomic E-state index is 0.738. The zero-order valence-corrected chi connectivity index (χ0v) is 17.9. The lowest BCUT2D eigenvalue weighted by molar-refractivity contribution is 0.282. The van der Waals surface area contributed by atoms with Gasteiger partial charge in [-0.25, -0.2) is 4.48 Å². The SMILES string of the molecule is CCN1C[N+](CCCCN)(c2ccccc2)C(c2ccccc2)=C1c1ccccc1. The molecule has 2 N–H and O–H groups in total. The average Bonchev–Trinajstić information content (AvgIpc) is 3.16. The summed E-state index contributed by atoms with van der Waals surface area (Å²) in [5, 5.41) is 0. The van der Waals surface area contributed by atoms with E-state index in [-0.39, 0.29) is 0 Å². The highest BCUT2D eigenvalue weighted by Gasteiger charge is 2.46. The molecule has 0 spiro atoms. The molecular weight excluding hydrogens is 366 g/mol. The van der Waals surface area contributed by atoms with Crippen molar-refractivity contribution in [2.24, 2.45) is 5.73 Å². The molecule has 1 heterocycles. The molecule has 1 aliphatic heterocycles. The number of hydrogen-bond donors (Lipinski definition) is 1. The van der Waals surface area contributed by atoms with Crippen molar-refractivity contribution in [2.45, 2.75) is 19.8 Å². The van der Waals surface area contributed by atoms with Crippen molar-refractivity contribution in [1.82, 2.24) is 9.38 Å². The van der Waals surface area contributed by atoms with Gasteiger partial charge in [0.15, 0.2) is 12.4 Å². The van der Waals surface area contributed by atoms with Crippen LogP contribution in [-0.4, -0.2) is 31.2 Å². The molecule has 0 radical (unpaired) electrons. The number of unbranched alkanes of at least 4 members (excludes halogenated alkanes) is 1. The third-order valence-corrected chi connectivity index (χ3v) is 6.10. The van der Waals surface area contributed by atoms with Gasteiger partial charge >= 0.3 is 0 Å². The molecule has 3 heteroatoms. The first kappa shape index (κ1) is 20.4. The lowest BCUT2D eigenvalue weighted by Gasteiger charge is -2.36. The van der Waals surface area contributed by atoms with E-state index >= 15 is 0 Å². The van der Waals surface area contributed by atoms with Crippen LogP contribution in [0.1, 0.15) is 30.9 Å². The van der Waals surface area contributed by atoms with Crippen LogP contribution in [0.4, 0.5) is 5.69 Å². The number of nitrogens with two attached hydrogens (primary N) is 1. The first-order chi connectivity index (χ1) is 14.8. The molecular formula is C27H32N3+.